The van der Waals surface area contributed by atoms with Gasteiger partial charge in [0.2, 0.25) is 0 Å². The number of allylic oxidation sites excluding steroid dienone is 2. The predicted molar refractivity (Wildman–Crippen MR) is 158 cm³/mol. The molecule has 0 aliphatic carbocycles. The standard InChI is InChI=1S/C19H13FNO.C15H28O2.Ir/c1-11-7-12(2)9-13(8-11)18-15-10-17(20)22-19(15)14-5-3-4-6-16(14)21-18;1-7-14(5,8-2)12(16)11-13(17)15(6,9-3)10-4;/h3-8,10H,1-2H3;11,16H,7-10H2,1-6H3;/q-1;;/b;12-11-;. The molecule has 4 rings (SSSR count). The van der Waals surface area contributed by atoms with Crippen LogP contribution in [0.15, 0.2) is 58.7 Å². The van der Waals surface area contributed by atoms with Gasteiger partial charge in [-0.05, 0) is 43.5 Å². The summed E-state index contributed by atoms with van der Waals surface area (Å²) in [5.41, 5.74) is 4.43. The molecule has 1 N–H and O–H groups in total. The molecule has 0 saturated heterocycles. The van der Waals surface area contributed by atoms with Crippen LogP contribution in [-0.4, -0.2) is 15.9 Å². The molecule has 0 amide bonds. The van der Waals surface area contributed by atoms with Crippen LogP contribution in [0.5, 0.6) is 0 Å². The number of aliphatic hydroxyl groups excluding tert-OH is 1. The first-order valence-corrected chi connectivity index (χ1v) is 13.9. The number of ketones is 1. The Balaban J connectivity index is 0.000000285. The zero-order chi connectivity index (χ0) is 29.0. The van der Waals surface area contributed by atoms with Gasteiger partial charge in [-0.15, -0.1) is 34.9 Å². The molecule has 0 saturated carbocycles. The van der Waals surface area contributed by atoms with E-state index in [1.165, 1.54) is 12.1 Å². The number of nitrogens with zero attached hydrogens (tertiary/aromatic N) is 1. The molecule has 0 bridgehead atoms. The van der Waals surface area contributed by atoms with E-state index in [4.69, 9.17) is 9.40 Å². The molecule has 0 aliphatic rings. The molecule has 2 heterocycles. The van der Waals surface area contributed by atoms with E-state index in [0.717, 1.165) is 53.3 Å². The molecule has 0 spiro atoms. The topological polar surface area (TPSA) is 63.3 Å². The molecule has 0 aliphatic heterocycles. The van der Waals surface area contributed by atoms with Crippen molar-refractivity contribution < 1.29 is 38.8 Å². The molecular weight excluding hydrogens is 682 g/mol. The van der Waals surface area contributed by atoms with Crippen molar-refractivity contribution in [2.45, 2.75) is 81.1 Å². The van der Waals surface area contributed by atoms with Gasteiger partial charge in [-0.25, -0.2) is 0 Å². The maximum atomic E-state index is 13.7. The largest absolute Gasteiger partial charge is 0.512 e. The Morgan fingerprint density at radius 3 is 2.15 bits per heavy atom. The SMILES string of the molecule is CCC(C)(CC)C(=O)/C=C(\O)C(C)(CC)CC.Cc1[c-]c(-c2nc3ccccc3c3oc(F)cc23)cc(C)c1.[Ir]. The summed E-state index contributed by atoms with van der Waals surface area (Å²) in [7, 11) is 0. The van der Waals surface area contributed by atoms with E-state index < -0.39 is 6.01 Å². The van der Waals surface area contributed by atoms with Crippen molar-refractivity contribution in [2.75, 3.05) is 0 Å². The van der Waals surface area contributed by atoms with Gasteiger partial charge in [0, 0.05) is 53.9 Å². The number of pyridine rings is 1. The Bertz CT molecular complexity index is 1480. The minimum atomic E-state index is -0.598. The Morgan fingerprint density at radius 2 is 1.57 bits per heavy atom. The summed E-state index contributed by atoms with van der Waals surface area (Å²) in [6.07, 6.45) is 4.75. The Hall–Kier alpha value is -2.82. The van der Waals surface area contributed by atoms with Gasteiger partial charge in [0.05, 0.1) is 5.52 Å². The van der Waals surface area contributed by atoms with Crippen LogP contribution < -0.4 is 0 Å². The summed E-state index contributed by atoms with van der Waals surface area (Å²) in [5.74, 6) is 0.286. The normalized spacial score (nSPS) is 12.2. The quantitative estimate of drug-likeness (QED) is 0.112. The molecule has 2 aromatic heterocycles. The van der Waals surface area contributed by atoms with Crippen molar-refractivity contribution in [2.24, 2.45) is 10.8 Å². The number of halogens is 1. The molecule has 0 atom stereocenters. The smallest absolute Gasteiger partial charge is 0.278 e. The van der Waals surface area contributed by atoms with Crippen molar-refractivity contribution in [1.29, 1.82) is 0 Å². The summed E-state index contributed by atoms with van der Waals surface area (Å²) in [4.78, 5) is 16.9. The van der Waals surface area contributed by atoms with E-state index in [0.29, 0.717) is 16.7 Å². The van der Waals surface area contributed by atoms with Crippen LogP contribution in [0.3, 0.4) is 0 Å². The first kappa shape index (κ1) is 33.4. The van der Waals surface area contributed by atoms with Gasteiger partial charge in [0.15, 0.2) is 5.78 Å². The summed E-state index contributed by atoms with van der Waals surface area (Å²) < 4.78 is 19.0. The Labute approximate surface area is 251 Å². The van der Waals surface area contributed by atoms with Crippen LogP contribution in [-0.2, 0) is 24.9 Å². The van der Waals surface area contributed by atoms with Crippen molar-refractivity contribution in [3.05, 3.63) is 77.5 Å². The van der Waals surface area contributed by atoms with Gasteiger partial charge < -0.3 is 9.52 Å². The third kappa shape index (κ3) is 7.08. The van der Waals surface area contributed by atoms with Gasteiger partial charge in [-0.1, -0.05) is 67.5 Å². The zero-order valence-electron chi connectivity index (χ0n) is 24.9. The minimum Gasteiger partial charge on any atom is -0.512 e. The van der Waals surface area contributed by atoms with Gasteiger partial charge in [-0.2, -0.15) is 4.39 Å². The predicted octanol–water partition coefficient (Wildman–Crippen LogP) is 9.85. The number of benzene rings is 2. The number of aliphatic hydroxyl groups is 1. The van der Waals surface area contributed by atoms with Crippen LogP contribution in [0.4, 0.5) is 4.39 Å². The van der Waals surface area contributed by atoms with Gasteiger partial charge in [-0.3, -0.25) is 9.78 Å². The van der Waals surface area contributed by atoms with E-state index in [1.54, 1.807) is 0 Å². The van der Waals surface area contributed by atoms with Crippen LogP contribution in [0, 0.1) is 36.8 Å². The number of aromatic nitrogens is 1. The van der Waals surface area contributed by atoms with E-state index in [9.17, 15) is 14.3 Å². The first-order valence-electron chi connectivity index (χ1n) is 13.9. The Morgan fingerprint density at radius 1 is 0.975 bits per heavy atom. The number of fused-ring (bicyclic) bond motifs is 3. The van der Waals surface area contributed by atoms with Gasteiger partial charge >= 0.3 is 0 Å². The number of carbonyl (C=O) groups excluding carboxylic acids is 1. The van der Waals surface area contributed by atoms with Gasteiger partial charge in [0.25, 0.3) is 6.01 Å². The molecule has 0 fully saturated rings. The number of para-hydroxylation sites is 1. The fourth-order valence-corrected chi connectivity index (χ4v) is 4.59. The Kier molecular flexibility index (Phi) is 11.4. The summed E-state index contributed by atoms with van der Waals surface area (Å²) in [6.45, 7) is 16.1. The third-order valence-corrected chi connectivity index (χ3v) is 8.34. The number of furan rings is 1. The maximum absolute atomic E-state index is 13.7. The summed E-state index contributed by atoms with van der Waals surface area (Å²) in [6, 6.07) is 15.8. The van der Waals surface area contributed by atoms with Gasteiger partial charge in [0.1, 0.15) is 11.3 Å². The first-order chi connectivity index (χ1) is 18.4. The number of aryl methyl sites for hydroxylation is 2. The second kappa shape index (κ2) is 13.7. The number of carbonyl (C=O) groups is 1. The average molecular weight is 723 g/mol. The van der Waals surface area contributed by atoms with Crippen molar-refractivity contribution >= 4 is 27.7 Å². The van der Waals surface area contributed by atoms with E-state index in [2.05, 4.69) is 12.1 Å². The molecular formula is C34H41FIrNO3-. The van der Waals surface area contributed by atoms with E-state index in [-0.39, 0.29) is 42.5 Å². The van der Waals surface area contributed by atoms with E-state index >= 15 is 0 Å². The molecule has 40 heavy (non-hydrogen) atoms. The van der Waals surface area contributed by atoms with Crippen LogP contribution in [0.25, 0.3) is 33.1 Å². The number of hydrogen-bond acceptors (Lipinski definition) is 4. The second-order valence-corrected chi connectivity index (χ2v) is 11.0. The van der Waals surface area contributed by atoms with Crippen molar-refractivity contribution in [1.82, 2.24) is 4.98 Å². The molecule has 4 aromatic rings. The van der Waals surface area contributed by atoms with Crippen molar-refractivity contribution in [3.8, 4) is 11.3 Å². The monoisotopic (exact) mass is 723 g/mol. The van der Waals surface area contributed by atoms with Crippen LogP contribution >= 0.6 is 0 Å². The second-order valence-electron chi connectivity index (χ2n) is 11.0. The summed E-state index contributed by atoms with van der Waals surface area (Å²) in [5, 5.41) is 11.6. The number of hydrogen-bond donors (Lipinski definition) is 1. The number of rotatable bonds is 8. The van der Waals surface area contributed by atoms with Crippen LogP contribution in [0.1, 0.15) is 78.4 Å². The molecule has 217 valence electrons. The molecule has 0 unspecified atom stereocenters. The maximum Gasteiger partial charge on any atom is 0.278 e. The third-order valence-electron chi connectivity index (χ3n) is 8.34. The molecule has 2 aromatic carbocycles. The average Bonchev–Trinajstić information content (AvgIpc) is 3.32. The summed E-state index contributed by atoms with van der Waals surface area (Å²) >= 11 is 0. The zero-order valence-corrected chi connectivity index (χ0v) is 27.3. The van der Waals surface area contributed by atoms with Crippen LogP contribution in [0.2, 0.25) is 0 Å². The molecule has 1 radical (unpaired) electrons. The molecule has 6 heteroatoms. The minimum absolute atomic E-state index is 0. The van der Waals surface area contributed by atoms with Crippen molar-refractivity contribution in [3.63, 3.8) is 0 Å². The fourth-order valence-electron chi connectivity index (χ4n) is 4.59. The molecule has 4 nitrogen and oxygen atoms in total. The fraction of sp³-hybridized carbons (Fsp3) is 0.412. The van der Waals surface area contributed by atoms with E-state index in [1.807, 2.05) is 85.7 Å².